The van der Waals surface area contributed by atoms with Gasteiger partial charge in [-0.2, -0.15) is 5.10 Å². The number of ether oxygens (including phenoxy) is 1. The standard InChI is InChI=1S/C9H10N4OS/c15-9-12-10-8(11-13-9)6-14-7-4-2-1-3-5-7/h1-5H,6H2,(H,10,11)(H2,12,13,15). The Morgan fingerprint density at radius 2 is 2.00 bits per heavy atom. The Kier molecular flexibility index (Phi) is 2.99. The lowest BCUT2D eigenvalue weighted by Crippen LogP contribution is -2.52. The fourth-order valence-electron chi connectivity index (χ4n) is 1.04. The number of hydrogen-bond acceptors (Lipinski definition) is 4. The summed E-state index contributed by atoms with van der Waals surface area (Å²) in [5, 5.41) is 4.40. The van der Waals surface area contributed by atoms with E-state index in [4.69, 9.17) is 17.0 Å². The molecule has 5 nitrogen and oxygen atoms in total. The molecule has 0 fully saturated rings. The first-order valence-corrected chi connectivity index (χ1v) is 4.82. The van der Waals surface area contributed by atoms with E-state index in [1.54, 1.807) is 0 Å². The van der Waals surface area contributed by atoms with Gasteiger partial charge in [0.25, 0.3) is 0 Å². The van der Waals surface area contributed by atoms with Gasteiger partial charge >= 0.3 is 0 Å². The number of amidine groups is 1. The van der Waals surface area contributed by atoms with Crippen LogP contribution in [0.15, 0.2) is 35.4 Å². The molecule has 1 aromatic rings. The van der Waals surface area contributed by atoms with Crippen molar-refractivity contribution >= 4 is 23.2 Å². The van der Waals surface area contributed by atoms with Crippen LogP contribution < -0.4 is 21.0 Å². The second-order valence-electron chi connectivity index (χ2n) is 2.85. The van der Waals surface area contributed by atoms with Crippen LogP contribution in [0.3, 0.4) is 0 Å². The Bertz CT molecular complexity index is 379. The molecule has 0 aliphatic carbocycles. The van der Waals surface area contributed by atoms with Crippen molar-refractivity contribution in [1.29, 1.82) is 0 Å². The second kappa shape index (κ2) is 4.61. The lowest BCUT2D eigenvalue weighted by molar-refractivity contribution is 0.369. The smallest absolute Gasteiger partial charge is 0.205 e. The molecule has 15 heavy (non-hydrogen) atoms. The maximum atomic E-state index is 5.46. The van der Waals surface area contributed by atoms with Gasteiger partial charge in [-0.25, -0.2) is 0 Å². The largest absolute Gasteiger partial charge is 0.486 e. The maximum absolute atomic E-state index is 5.46. The molecular weight excluding hydrogens is 212 g/mol. The molecule has 0 spiro atoms. The molecule has 0 unspecified atom stereocenters. The van der Waals surface area contributed by atoms with Crippen LogP contribution in [0.25, 0.3) is 0 Å². The third-order valence-electron chi connectivity index (χ3n) is 1.73. The summed E-state index contributed by atoms with van der Waals surface area (Å²) >= 11 is 4.80. The molecule has 0 radical (unpaired) electrons. The van der Waals surface area contributed by atoms with Gasteiger partial charge in [0.2, 0.25) is 5.11 Å². The van der Waals surface area contributed by atoms with E-state index in [0.29, 0.717) is 17.6 Å². The topological polar surface area (TPSA) is 57.7 Å². The minimum atomic E-state index is 0.354. The highest BCUT2D eigenvalue weighted by Gasteiger charge is 2.06. The van der Waals surface area contributed by atoms with E-state index in [1.807, 2.05) is 30.3 Å². The van der Waals surface area contributed by atoms with Gasteiger partial charge in [-0.05, 0) is 24.4 Å². The summed E-state index contributed by atoms with van der Waals surface area (Å²) in [6.45, 7) is 0.354. The van der Waals surface area contributed by atoms with Crippen molar-refractivity contribution in [2.45, 2.75) is 0 Å². The fraction of sp³-hybridized carbons (Fsp3) is 0.111. The summed E-state index contributed by atoms with van der Waals surface area (Å²) < 4.78 is 5.46. The van der Waals surface area contributed by atoms with Gasteiger partial charge < -0.3 is 4.74 Å². The van der Waals surface area contributed by atoms with E-state index >= 15 is 0 Å². The quantitative estimate of drug-likeness (QED) is 0.645. The third kappa shape index (κ3) is 2.81. The fourth-order valence-corrected chi connectivity index (χ4v) is 1.14. The second-order valence-corrected chi connectivity index (χ2v) is 3.26. The van der Waals surface area contributed by atoms with Gasteiger partial charge in [0.15, 0.2) is 5.84 Å². The first kappa shape index (κ1) is 9.72. The van der Waals surface area contributed by atoms with Gasteiger partial charge in [-0.1, -0.05) is 18.2 Å². The third-order valence-corrected chi connectivity index (χ3v) is 1.92. The number of hydrazine groups is 1. The summed E-state index contributed by atoms with van der Waals surface area (Å²) in [7, 11) is 0. The molecule has 1 heterocycles. The van der Waals surface area contributed by atoms with E-state index in [1.165, 1.54) is 0 Å². The lowest BCUT2D eigenvalue weighted by Gasteiger charge is -2.17. The molecule has 1 aliphatic rings. The normalized spacial score (nSPS) is 14.4. The zero-order valence-electron chi connectivity index (χ0n) is 7.86. The minimum Gasteiger partial charge on any atom is -0.486 e. The molecule has 1 aliphatic heterocycles. The number of para-hydroxylation sites is 1. The zero-order chi connectivity index (χ0) is 10.5. The van der Waals surface area contributed by atoms with E-state index in [0.717, 1.165) is 5.75 Å². The van der Waals surface area contributed by atoms with Crippen LogP contribution in [0.5, 0.6) is 5.75 Å². The van der Waals surface area contributed by atoms with E-state index in [9.17, 15) is 0 Å². The molecule has 0 bridgehead atoms. The van der Waals surface area contributed by atoms with Gasteiger partial charge in [0, 0.05) is 0 Å². The highest BCUT2D eigenvalue weighted by Crippen LogP contribution is 2.07. The SMILES string of the molecule is S=C1NN=C(COc2ccccc2)NN1. The monoisotopic (exact) mass is 222 g/mol. The lowest BCUT2D eigenvalue weighted by atomic mass is 10.3. The molecule has 3 N–H and O–H groups in total. The van der Waals surface area contributed by atoms with Crippen LogP contribution in [-0.2, 0) is 0 Å². The Labute approximate surface area is 92.5 Å². The number of nitrogens with zero attached hydrogens (tertiary/aromatic N) is 1. The number of thiocarbonyl (C=S) groups is 1. The molecule has 6 heteroatoms. The predicted octanol–water partition coefficient (Wildman–Crippen LogP) is 0.361. The Balaban J connectivity index is 1.86. The van der Waals surface area contributed by atoms with Crippen molar-refractivity contribution in [2.24, 2.45) is 5.10 Å². The summed E-state index contributed by atoms with van der Waals surface area (Å²) in [6, 6.07) is 9.53. The van der Waals surface area contributed by atoms with Crippen molar-refractivity contribution in [3.63, 3.8) is 0 Å². The summed E-state index contributed by atoms with van der Waals surface area (Å²) in [6.07, 6.45) is 0. The molecule has 78 valence electrons. The molecule has 0 aromatic heterocycles. The van der Waals surface area contributed by atoms with Crippen LogP contribution in [0.2, 0.25) is 0 Å². The van der Waals surface area contributed by atoms with Crippen LogP contribution >= 0.6 is 12.2 Å². The van der Waals surface area contributed by atoms with Gasteiger partial charge in [0.1, 0.15) is 12.4 Å². The van der Waals surface area contributed by atoms with Crippen molar-refractivity contribution < 1.29 is 4.74 Å². The molecule has 0 atom stereocenters. The number of nitrogens with one attached hydrogen (secondary N) is 3. The van der Waals surface area contributed by atoms with Crippen LogP contribution in [0.4, 0.5) is 0 Å². The minimum absolute atomic E-state index is 0.354. The molecule has 0 saturated carbocycles. The summed E-state index contributed by atoms with van der Waals surface area (Å²) in [5.74, 6) is 1.45. The average molecular weight is 222 g/mol. The number of rotatable bonds is 3. The van der Waals surface area contributed by atoms with E-state index in [2.05, 4.69) is 21.4 Å². The molecule has 1 aromatic carbocycles. The van der Waals surface area contributed by atoms with Crippen molar-refractivity contribution in [3.8, 4) is 5.75 Å². The maximum Gasteiger partial charge on any atom is 0.205 e. The first-order chi connectivity index (χ1) is 7.34. The number of hydrazone groups is 1. The first-order valence-electron chi connectivity index (χ1n) is 4.41. The summed E-state index contributed by atoms with van der Waals surface area (Å²) in [5.41, 5.74) is 8.17. The van der Waals surface area contributed by atoms with Crippen molar-refractivity contribution in [2.75, 3.05) is 6.61 Å². The molecule has 0 saturated heterocycles. The van der Waals surface area contributed by atoms with Crippen LogP contribution in [-0.4, -0.2) is 17.6 Å². The van der Waals surface area contributed by atoms with Crippen molar-refractivity contribution in [1.82, 2.24) is 16.3 Å². The molecule has 2 rings (SSSR count). The van der Waals surface area contributed by atoms with Crippen molar-refractivity contribution in [3.05, 3.63) is 30.3 Å². The van der Waals surface area contributed by atoms with Crippen LogP contribution in [0.1, 0.15) is 0 Å². The Morgan fingerprint density at radius 1 is 1.20 bits per heavy atom. The van der Waals surface area contributed by atoms with Gasteiger partial charge in [-0.15, -0.1) is 0 Å². The molecular formula is C9H10N4OS. The number of hydrogen-bond donors (Lipinski definition) is 3. The van der Waals surface area contributed by atoms with E-state index < -0.39 is 0 Å². The summed E-state index contributed by atoms with van der Waals surface area (Å²) in [4.78, 5) is 0. The number of benzene rings is 1. The average Bonchev–Trinajstić information content (AvgIpc) is 2.30. The van der Waals surface area contributed by atoms with E-state index in [-0.39, 0.29) is 0 Å². The highest BCUT2D eigenvalue weighted by molar-refractivity contribution is 7.80. The van der Waals surface area contributed by atoms with Gasteiger partial charge in [0.05, 0.1) is 0 Å². The van der Waals surface area contributed by atoms with Crippen LogP contribution in [0, 0.1) is 0 Å². The highest BCUT2D eigenvalue weighted by atomic mass is 32.1. The zero-order valence-corrected chi connectivity index (χ0v) is 8.67. The molecule has 0 amide bonds. The Morgan fingerprint density at radius 3 is 2.67 bits per heavy atom. The Hall–Kier alpha value is -1.82. The predicted molar refractivity (Wildman–Crippen MR) is 61.4 cm³/mol. The van der Waals surface area contributed by atoms with Gasteiger partial charge in [-0.3, -0.25) is 16.3 Å².